The second-order valence-electron chi connectivity index (χ2n) is 10.1. The van der Waals surface area contributed by atoms with E-state index in [9.17, 15) is 22.4 Å². The molecule has 4 nitrogen and oxygen atoms in total. The van der Waals surface area contributed by atoms with E-state index in [1.807, 2.05) is 6.92 Å². The highest BCUT2D eigenvalue weighted by atomic mass is 19.2. The molecular formula is C34H36F4O4. The Morgan fingerprint density at radius 1 is 0.738 bits per heavy atom. The molecule has 3 aromatic rings. The fourth-order valence-electron chi connectivity index (χ4n) is 3.86. The van der Waals surface area contributed by atoms with Gasteiger partial charge in [-0.2, -0.15) is 8.78 Å². The fourth-order valence-corrected chi connectivity index (χ4v) is 3.86. The number of rotatable bonds is 14. The number of ether oxygens (including phenoxy) is 3. The molecule has 224 valence electrons. The summed E-state index contributed by atoms with van der Waals surface area (Å²) in [6.45, 7) is 6.35. The van der Waals surface area contributed by atoms with E-state index >= 15 is 0 Å². The van der Waals surface area contributed by atoms with Gasteiger partial charge in [-0.15, -0.1) is 0 Å². The van der Waals surface area contributed by atoms with Gasteiger partial charge in [0.25, 0.3) is 0 Å². The van der Waals surface area contributed by atoms with Gasteiger partial charge in [0, 0.05) is 5.56 Å². The molecule has 1 atom stereocenters. The van der Waals surface area contributed by atoms with Crippen LogP contribution in [0.1, 0.15) is 87.2 Å². The summed E-state index contributed by atoms with van der Waals surface area (Å²) >= 11 is 0. The van der Waals surface area contributed by atoms with Crippen molar-refractivity contribution >= 4 is 5.97 Å². The van der Waals surface area contributed by atoms with Crippen LogP contribution in [0.15, 0.2) is 48.5 Å². The van der Waals surface area contributed by atoms with Gasteiger partial charge >= 0.3 is 5.97 Å². The van der Waals surface area contributed by atoms with Crippen molar-refractivity contribution in [3.05, 3.63) is 88.5 Å². The summed E-state index contributed by atoms with van der Waals surface area (Å²) in [5.41, 5.74) is -0.583. The summed E-state index contributed by atoms with van der Waals surface area (Å²) in [5, 5.41) is 0. The lowest BCUT2D eigenvalue weighted by molar-refractivity contribution is 0.0734. The molecule has 0 unspecified atom stereocenters. The van der Waals surface area contributed by atoms with Gasteiger partial charge in [0.05, 0.1) is 18.8 Å². The molecule has 0 aliphatic rings. The van der Waals surface area contributed by atoms with Gasteiger partial charge in [0.1, 0.15) is 17.1 Å². The summed E-state index contributed by atoms with van der Waals surface area (Å²) in [6.07, 6.45) is 7.71. The predicted molar refractivity (Wildman–Crippen MR) is 154 cm³/mol. The zero-order valence-corrected chi connectivity index (χ0v) is 24.2. The molecule has 0 saturated carbocycles. The third kappa shape index (κ3) is 9.27. The van der Waals surface area contributed by atoms with Gasteiger partial charge < -0.3 is 14.2 Å². The first kappa shape index (κ1) is 32.5. The predicted octanol–water partition coefficient (Wildman–Crippen LogP) is 9.03. The molecular weight excluding hydrogens is 548 g/mol. The molecule has 0 aliphatic carbocycles. The van der Waals surface area contributed by atoms with E-state index in [2.05, 4.69) is 18.8 Å². The van der Waals surface area contributed by atoms with E-state index in [0.717, 1.165) is 12.8 Å². The Morgan fingerprint density at radius 2 is 1.33 bits per heavy atom. The molecule has 0 saturated heterocycles. The second-order valence-corrected chi connectivity index (χ2v) is 10.1. The number of hydrogen-bond acceptors (Lipinski definition) is 4. The maximum atomic E-state index is 14.5. The number of unbranched alkanes of at least 4 members (excludes halogenated alkanes) is 5. The average molecular weight is 585 g/mol. The lowest BCUT2D eigenvalue weighted by Crippen LogP contribution is -2.12. The van der Waals surface area contributed by atoms with E-state index in [0.29, 0.717) is 24.5 Å². The van der Waals surface area contributed by atoms with Crippen molar-refractivity contribution in [2.45, 2.75) is 65.7 Å². The van der Waals surface area contributed by atoms with Crippen LogP contribution in [-0.4, -0.2) is 19.2 Å². The highest BCUT2D eigenvalue weighted by Gasteiger charge is 2.26. The van der Waals surface area contributed by atoms with E-state index in [1.165, 1.54) is 49.9 Å². The molecule has 0 fully saturated rings. The second kappa shape index (κ2) is 16.5. The van der Waals surface area contributed by atoms with Gasteiger partial charge in [-0.3, -0.25) is 0 Å². The van der Waals surface area contributed by atoms with Crippen LogP contribution < -0.4 is 14.2 Å². The summed E-state index contributed by atoms with van der Waals surface area (Å²) < 4.78 is 74.0. The van der Waals surface area contributed by atoms with E-state index in [-0.39, 0.29) is 23.7 Å². The van der Waals surface area contributed by atoms with E-state index < -0.39 is 40.6 Å². The maximum Gasteiger partial charge on any atom is 0.343 e. The minimum atomic E-state index is -1.64. The molecule has 0 aromatic heterocycles. The van der Waals surface area contributed by atoms with Crippen molar-refractivity contribution < 1.29 is 36.6 Å². The molecule has 0 spiro atoms. The van der Waals surface area contributed by atoms with Crippen LogP contribution in [0.4, 0.5) is 17.6 Å². The molecule has 3 rings (SSSR count). The number of hydrogen-bond donors (Lipinski definition) is 0. The zero-order chi connectivity index (χ0) is 30.5. The first-order valence-electron chi connectivity index (χ1n) is 14.3. The SMILES string of the molecule is CCCCCCCCOc1ccc(OC(=O)c2ccc(C#Cc3c(F)c(F)c(OC[C@@H](C)CC)c(F)c3F)cc2)cc1. The van der Waals surface area contributed by atoms with Crippen molar-refractivity contribution in [2.75, 3.05) is 13.2 Å². The molecule has 8 heteroatoms. The van der Waals surface area contributed by atoms with Crippen molar-refractivity contribution in [2.24, 2.45) is 5.92 Å². The first-order chi connectivity index (χ1) is 20.2. The molecule has 0 amide bonds. The van der Waals surface area contributed by atoms with Gasteiger partial charge in [-0.05, 0) is 60.9 Å². The van der Waals surface area contributed by atoms with Crippen LogP contribution in [0.2, 0.25) is 0 Å². The Bertz CT molecular complexity index is 1350. The van der Waals surface area contributed by atoms with Crippen LogP contribution in [-0.2, 0) is 0 Å². The van der Waals surface area contributed by atoms with Crippen molar-refractivity contribution in [1.82, 2.24) is 0 Å². The Morgan fingerprint density at radius 3 is 1.95 bits per heavy atom. The van der Waals surface area contributed by atoms with Gasteiger partial charge in [0.2, 0.25) is 11.6 Å². The Labute approximate surface area is 245 Å². The Balaban J connectivity index is 1.58. The fraction of sp³-hybridized carbons (Fsp3) is 0.382. The van der Waals surface area contributed by atoms with Crippen LogP contribution in [0.25, 0.3) is 0 Å². The summed E-state index contributed by atoms with van der Waals surface area (Å²) in [4.78, 5) is 12.5. The molecule has 0 aliphatic heterocycles. The minimum absolute atomic E-state index is 0.0608. The lowest BCUT2D eigenvalue weighted by Gasteiger charge is -2.13. The van der Waals surface area contributed by atoms with Crippen LogP contribution in [0, 0.1) is 41.0 Å². The molecule has 0 bridgehead atoms. The maximum absolute atomic E-state index is 14.5. The zero-order valence-electron chi connectivity index (χ0n) is 24.2. The number of esters is 1. The van der Waals surface area contributed by atoms with Crippen molar-refractivity contribution in [3.8, 4) is 29.1 Å². The van der Waals surface area contributed by atoms with Crippen molar-refractivity contribution in [3.63, 3.8) is 0 Å². The number of carbonyl (C=O) groups is 1. The normalized spacial score (nSPS) is 11.4. The third-order valence-electron chi connectivity index (χ3n) is 6.69. The summed E-state index contributed by atoms with van der Waals surface area (Å²) in [5.74, 6) is -2.72. The quantitative estimate of drug-likeness (QED) is 0.0474. The minimum Gasteiger partial charge on any atom is -0.494 e. The third-order valence-corrected chi connectivity index (χ3v) is 6.69. The molecule has 3 aromatic carbocycles. The Kier molecular flexibility index (Phi) is 12.7. The highest BCUT2D eigenvalue weighted by molar-refractivity contribution is 5.91. The molecule has 42 heavy (non-hydrogen) atoms. The van der Waals surface area contributed by atoms with Crippen LogP contribution >= 0.6 is 0 Å². The Hall–Kier alpha value is -3.99. The largest absolute Gasteiger partial charge is 0.494 e. The number of carbonyl (C=O) groups excluding carboxylic acids is 1. The van der Waals surface area contributed by atoms with Crippen molar-refractivity contribution in [1.29, 1.82) is 0 Å². The molecule has 0 radical (unpaired) electrons. The van der Waals surface area contributed by atoms with Crippen LogP contribution in [0.5, 0.6) is 17.2 Å². The molecule has 0 heterocycles. The van der Waals surface area contributed by atoms with Gasteiger partial charge in [0.15, 0.2) is 17.4 Å². The van der Waals surface area contributed by atoms with Gasteiger partial charge in [-0.25, -0.2) is 13.6 Å². The van der Waals surface area contributed by atoms with Gasteiger partial charge in [-0.1, -0.05) is 71.1 Å². The monoisotopic (exact) mass is 584 g/mol. The average Bonchev–Trinajstić information content (AvgIpc) is 3.00. The molecule has 0 N–H and O–H groups in total. The van der Waals surface area contributed by atoms with Crippen LogP contribution in [0.3, 0.4) is 0 Å². The van der Waals surface area contributed by atoms with E-state index in [1.54, 1.807) is 31.2 Å². The summed E-state index contributed by atoms with van der Waals surface area (Å²) in [7, 11) is 0. The smallest absolute Gasteiger partial charge is 0.343 e. The topological polar surface area (TPSA) is 44.8 Å². The first-order valence-corrected chi connectivity index (χ1v) is 14.3. The highest BCUT2D eigenvalue weighted by Crippen LogP contribution is 2.30. The number of halogens is 4. The van der Waals surface area contributed by atoms with E-state index in [4.69, 9.17) is 14.2 Å². The summed E-state index contributed by atoms with van der Waals surface area (Å²) in [6, 6.07) is 12.4. The standard InChI is InChI=1S/C34H36F4O4/c1-4-6-7-8-9-10-21-40-26-16-18-27(19-17-26)42-34(39)25-14-11-24(12-15-25)13-20-28-29(35)31(37)33(32(38)30(28)36)41-22-23(3)5-2/h11-12,14-19,23H,4-10,21-22H2,1-3H3/t23-/m0/s1. The lowest BCUT2D eigenvalue weighted by atomic mass is 10.1. The number of benzene rings is 3.